The van der Waals surface area contributed by atoms with Crippen LogP contribution < -0.4 is 20.8 Å². The molecule has 3 unspecified atom stereocenters. The standard InChI is InChI=1S/C22H32Cl2N4O4/c1-13-6-17(28(27-13)12-20(2,3)31)19(30)26-22-9-21(10-22,11-22)25-18(29)8-32-14-4-5-15(23)16(24)7-14/h4-5,7,13,17,19,26-27,30-31H,6,8-12H2,1-3H3,(H,25,29). The first-order valence-corrected chi connectivity index (χ1v) is 11.7. The number of aliphatic hydroxyl groups excluding tert-OH is 1. The van der Waals surface area contributed by atoms with Crippen molar-refractivity contribution in [1.82, 2.24) is 21.1 Å². The van der Waals surface area contributed by atoms with Gasteiger partial charge >= 0.3 is 0 Å². The van der Waals surface area contributed by atoms with Gasteiger partial charge in [-0.25, -0.2) is 5.01 Å². The van der Waals surface area contributed by atoms with Crippen molar-refractivity contribution in [3.8, 4) is 5.75 Å². The average molecular weight is 487 g/mol. The highest BCUT2D eigenvalue weighted by Gasteiger charge is 2.69. The lowest BCUT2D eigenvalue weighted by atomic mass is 9.44. The topological polar surface area (TPSA) is 106 Å². The molecule has 3 saturated carbocycles. The first kappa shape index (κ1) is 24.0. The molecule has 4 aliphatic rings. The van der Waals surface area contributed by atoms with Gasteiger partial charge in [0.2, 0.25) is 0 Å². The second-order valence-electron chi connectivity index (χ2n) is 10.4. The van der Waals surface area contributed by atoms with Gasteiger partial charge < -0.3 is 20.3 Å². The van der Waals surface area contributed by atoms with Crippen molar-refractivity contribution in [2.45, 2.75) is 81.4 Å². The number of carbonyl (C=O) groups excluding carboxylic acids is 1. The summed E-state index contributed by atoms with van der Waals surface area (Å²) in [6.07, 6.45) is 2.39. The lowest BCUT2D eigenvalue weighted by Gasteiger charge is -2.71. The Bertz CT molecular complexity index is 858. The van der Waals surface area contributed by atoms with Crippen LogP contribution in [0.5, 0.6) is 5.75 Å². The molecule has 178 valence electrons. The molecule has 5 N–H and O–H groups in total. The molecular formula is C22H32Cl2N4O4. The summed E-state index contributed by atoms with van der Waals surface area (Å²) in [5, 5.41) is 30.3. The van der Waals surface area contributed by atoms with E-state index in [2.05, 4.69) is 23.0 Å². The third kappa shape index (κ3) is 5.17. The van der Waals surface area contributed by atoms with Crippen molar-refractivity contribution < 1.29 is 19.7 Å². The number of benzene rings is 1. The molecular weight excluding hydrogens is 455 g/mol. The van der Waals surface area contributed by atoms with E-state index in [0.29, 0.717) is 22.3 Å². The van der Waals surface area contributed by atoms with Crippen molar-refractivity contribution in [1.29, 1.82) is 0 Å². The molecule has 1 aromatic rings. The van der Waals surface area contributed by atoms with Crippen LogP contribution in [0.3, 0.4) is 0 Å². The van der Waals surface area contributed by atoms with Gasteiger partial charge in [0.1, 0.15) is 12.0 Å². The van der Waals surface area contributed by atoms with Crippen LogP contribution in [0.4, 0.5) is 0 Å². The van der Waals surface area contributed by atoms with Crippen LogP contribution in [0.1, 0.15) is 46.5 Å². The summed E-state index contributed by atoms with van der Waals surface area (Å²) >= 11 is 11.9. The van der Waals surface area contributed by atoms with Crippen LogP contribution in [-0.4, -0.2) is 69.3 Å². The number of halogens is 2. The second-order valence-corrected chi connectivity index (χ2v) is 11.2. The second kappa shape index (κ2) is 8.58. The molecule has 1 amide bonds. The SMILES string of the molecule is CC1CC(C(O)NC23CC(NC(=O)COc4ccc(Cl)c(Cl)c4)(C2)C3)N(CC(C)(C)O)N1. The summed E-state index contributed by atoms with van der Waals surface area (Å²) in [6.45, 7) is 5.91. The van der Waals surface area contributed by atoms with E-state index in [9.17, 15) is 15.0 Å². The smallest absolute Gasteiger partial charge is 0.258 e. The lowest BCUT2D eigenvalue weighted by molar-refractivity contribution is -0.155. The molecule has 2 bridgehead atoms. The average Bonchev–Trinajstić information content (AvgIpc) is 2.98. The number of carbonyl (C=O) groups is 1. The number of nitrogens with zero attached hydrogens (tertiary/aromatic N) is 1. The summed E-state index contributed by atoms with van der Waals surface area (Å²) in [5.74, 6) is 0.304. The van der Waals surface area contributed by atoms with E-state index in [0.717, 1.165) is 25.7 Å². The quantitative estimate of drug-likeness (QED) is 0.339. The maximum atomic E-state index is 12.3. The van der Waals surface area contributed by atoms with Crippen molar-refractivity contribution in [3.63, 3.8) is 0 Å². The Labute approximate surface area is 198 Å². The molecule has 8 nitrogen and oxygen atoms in total. The number of aliphatic hydroxyl groups is 2. The Morgan fingerprint density at radius 2 is 2.00 bits per heavy atom. The summed E-state index contributed by atoms with van der Waals surface area (Å²) < 4.78 is 5.51. The van der Waals surface area contributed by atoms with Crippen LogP contribution in [0.25, 0.3) is 0 Å². The molecule has 1 saturated heterocycles. The van der Waals surface area contributed by atoms with Crippen LogP contribution in [0.2, 0.25) is 10.0 Å². The molecule has 10 heteroatoms. The summed E-state index contributed by atoms with van der Waals surface area (Å²) in [7, 11) is 0. The number of hydrogen-bond donors (Lipinski definition) is 5. The van der Waals surface area contributed by atoms with Gasteiger partial charge in [-0.05, 0) is 58.6 Å². The van der Waals surface area contributed by atoms with Gasteiger partial charge in [0.25, 0.3) is 5.91 Å². The van der Waals surface area contributed by atoms with Crippen LogP contribution >= 0.6 is 23.2 Å². The maximum absolute atomic E-state index is 12.3. The minimum absolute atomic E-state index is 0.0969. The van der Waals surface area contributed by atoms with E-state index in [4.69, 9.17) is 27.9 Å². The number of rotatable bonds is 9. The fraction of sp³-hybridized carbons (Fsp3) is 0.682. The van der Waals surface area contributed by atoms with Crippen LogP contribution in [0, 0.1) is 0 Å². The first-order valence-electron chi connectivity index (χ1n) is 11.0. The van der Waals surface area contributed by atoms with Gasteiger partial charge in [-0.1, -0.05) is 23.2 Å². The molecule has 0 radical (unpaired) electrons. The predicted molar refractivity (Wildman–Crippen MR) is 123 cm³/mol. The van der Waals surface area contributed by atoms with E-state index in [-0.39, 0.29) is 35.7 Å². The Hall–Kier alpha value is -1.13. The molecule has 4 fully saturated rings. The van der Waals surface area contributed by atoms with Crippen molar-refractivity contribution in [2.24, 2.45) is 0 Å². The molecule has 1 heterocycles. The monoisotopic (exact) mass is 486 g/mol. The molecule has 3 atom stereocenters. The van der Waals surface area contributed by atoms with Gasteiger partial charge in [0.15, 0.2) is 6.61 Å². The first-order chi connectivity index (χ1) is 14.9. The molecule has 1 aliphatic heterocycles. The fourth-order valence-electron chi connectivity index (χ4n) is 5.33. The lowest BCUT2D eigenvalue weighted by Crippen LogP contribution is -2.85. The van der Waals surface area contributed by atoms with E-state index >= 15 is 0 Å². The van der Waals surface area contributed by atoms with E-state index in [1.54, 1.807) is 32.0 Å². The third-order valence-corrected chi connectivity index (χ3v) is 7.19. The largest absolute Gasteiger partial charge is 0.484 e. The zero-order chi connectivity index (χ0) is 23.3. The Balaban J connectivity index is 1.23. The highest BCUT2D eigenvalue weighted by Crippen LogP contribution is 2.60. The van der Waals surface area contributed by atoms with E-state index in [1.807, 2.05) is 5.01 Å². The molecule has 3 aliphatic carbocycles. The summed E-state index contributed by atoms with van der Waals surface area (Å²) in [4.78, 5) is 12.3. The minimum Gasteiger partial charge on any atom is -0.484 e. The molecule has 0 aromatic heterocycles. The summed E-state index contributed by atoms with van der Waals surface area (Å²) in [5.41, 5.74) is 2.10. The number of β-amino-alcohol motifs (C(OH)–C–C–N with tert-alkyl or cyclic N) is 1. The normalized spacial score (nSPS) is 32.7. The van der Waals surface area contributed by atoms with Crippen molar-refractivity contribution >= 4 is 29.1 Å². The Kier molecular flexibility index (Phi) is 6.44. The van der Waals surface area contributed by atoms with Crippen LogP contribution in [0.15, 0.2) is 18.2 Å². The zero-order valence-corrected chi connectivity index (χ0v) is 20.1. The number of nitrogens with one attached hydrogen (secondary N) is 3. The summed E-state index contributed by atoms with van der Waals surface area (Å²) in [6, 6.07) is 4.98. The number of hydrogen-bond acceptors (Lipinski definition) is 7. The minimum atomic E-state index is -0.862. The van der Waals surface area contributed by atoms with Crippen molar-refractivity contribution in [2.75, 3.05) is 13.2 Å². The van der Waals surface area contributed by atoms with E-state index < -0.39 is 11.8 Å². The highest BCUT2D eigenvalue weighted by atomic mass is 35.5. The van der Waals surface area contributed by atoms with Crippen molar-refractivity contribution in [3.05, 3.63) is 28.2 Å². The van der Waals surface area contributed by atoms with Gasteiger partial charge in [-0.2, -0.15) is 0 Å². The van der Waals surface area contributed by atoms with Gasteiger partial charge in [0, 0.05) is 29.7 Å². The zero-order valence-electron chi connectivity index (χ0n) is 18.6. The number of hydrazine groups is 1. The van der Waals surface area contributed by atoms with Gasteiger partial charge in [0.05, 0.1) is 21.7 Å². The molecule has 5 rings (SSSR count). The molecule has 0 spiro atoms. The Morgan fingerprint density at radius 1 is 1.31 bits per heavy atom. The predicted octanol–water partition coefficient (Wildman–Crippen LogP) is 1.81. The van der Waals surface area contributed by atoms with Gasteiger partial charge in [-0.15, -0.1) is 0 Å². The third-order valence-electron chi connectivity index (χ3n) is 6.45. The van der Waals surface area contributed by atoms with Crippen LogP contribution in [-0.2, 0) is 4.79 Å². The van der Waals surface area contributed by atoms with Gasteiger partial charge in [-0.3, -0.25) is 15.5 Å². The Morgan fingerprint density at radius 3 is 2.62 bits per heavy atom. The molecule has 1 aromatic carbocycles. The van der Waals surface area contributed by atoms with E-state index in [1.165, 1.54) is 0 Å². The maximum Gasteiger partial charge on any atom is 0.258 e. The highest BCUT2D eigenvalue weighted by molar-refractivity contribution is 6.42. The molecule has 32 heavy (non-hydrogen) atoms. The number of amides is 1. The number of ether oxygens (including phenoxy) is 1. The fourth-order valence-corrected chi connectivity index (χ4v) is 5.62.